The molecule has 8 heteroatoms. The number of carbonyl (C=O) groups is 2. The molecule has 0 aliphatic rings. The Bertz CT molecular complexity index is 726. The van der Waals surface area contributed by atoms with Gasteiger partial charge in [-0.2, -0.15) is 5.10 Å². The molecule has 24 heavy (non-hydrogen) atoms. The molecule has 0 bridgehead atoms. The molecule has 0 saturated heterocycles. The van der Waals surface area contributed by atoms with Gasteiger partial charge in [0.25, 0.3) is 0 Å². The number of hydrogen-bond donors (Lipinski definition) is 0. The Morgan fingerprint density at radius 3 is 2.50 bits per heavy atom. The molecule has 0 aromatic carbocycles. The molecule has 2 aromatic heterocycles. The van der Waals surface area contributed by atoms with Gasteiger partial charge < -0.3 is 14.2 Å². The lowest BCUT2D eigenvalue weighted by molar-refractivity contribution is 0.0506. The zero-order valence-corrected chi connectivity index (χ0v) is 13.8. The standard InChI is InChI=1S/C16H19N3O5/c1-4-23-15(20)12-9-13(16(21)24-5-2)19(18-12)10-11-7-6-8-14(17-11)22-3/h6-9H,4-5,10H2,1-3H3. The van der Waals surface area contributed by atoms with Gasteiger partial charge in [-0.15, -0.1) is 0 Å². The van der Waals surface area contributed by atoms with Gasteiger partial charge in [0.05, 0.1) is 32.6 Å². The topological polar surface area (TPSA) is 92.5 Å². The highest BCUT2D eigenvalue weighted by molar-refractivity contribution is 5.93. The average molecular weight is 333 g/mol. The Balaban J connectivity index is 2.34. The van der Waals surface area contributed by atoms with Crippen molar-refractivity contribution in [3.8, 4) is 5.88 Å². The maximum absolute atomic E-state index is 12.1. The van der Waals surface area contributed by atoms with E-state index in [1.165, 1.54) is 17.9 Å². The van der Waals surface area contributed by atoms with E-state index in [1.807, 2.05) is 0 Å². The smallest absolute Gasteiger partial charge is 0.358 e. The van der Waals surface area contributed by atoms with E-state index in [0.717, 1.165) is 0 Å². The van der Waals surface area contributed by atoms with Crippen LogP contribution >= 0.6 is 0 Å². The highest BCUT2D eigenvalue weighted by atomic mass is 16.5. The Morgan fingerprint density at radius 1 is 1.12 bits per heavy atom. The fraction of sp³-hybridized carbons (Fsp3) is 0.375. The van der Waals surface area contributed by atoms with Gasteiger partial charge in [-0.05, 0) is 19.9 Å². The quantitative estimate of drug-likeness (QED) is 0.712. The molecule has 128 valence electrons. The number of nitrogens with zero attached hydrogens (tertiary/aromatic N) is 3. The van der Waals surface area contributed by atoms with Gasteiger partial charge in [-0.25, -0.2) is 14.6 Å². The Kier molecular flexibility index (Phi) is 5.89. The van der Waals surface area contributed by atoms with Crippen LogP contribution in [0.1, 0.15) is 40.5 Å². The van der Waals surface area contributed by atoms with Gasteiger partial charge in [0.15, 0.2) is 5.69 Å². The second-order valence-electron chi connectivity index (χ2n) is 4.68. The Labute approximate surface area is 139 Å². The van der Waals surface area contributed by atoms with Crippen molar-refractivity contribution in [1.82, 2.24) is 14.8 Å². The molecule has 0 aliphatic heterocycles. The first kappa shape index (κ1) is 17.5. The lowest BCUT2D eigenvalue weighted by Crippen LogP contribution is -2.15. The molecule has 8 nitrogen and oxygen atoms in total. The molecule has 2 rings (SSSR count). The molecule has 0 radical (unpaired) electrons. The van der Waals surface area contributed by atoms with E-state index in [2.05, 4.69) is 10.1 Å². The van der Waals surface area contributed by atoms with E-state index < -0.39 is 11.9 Å². The van der Waals surface area contributed by atoms with E-state index in [4.69, 9.17) is 14.2 Å². The van der Waals surface area contributed by atoms with Crippen molar-refractivity contribution in [2.75, 3.05) is 20.3 Å². The first-order valence-corrected chi connectivity index (χ1v) is 7.51. The number of pyridine rings is 1. The summed E-state index contributed by atoms with van der Waals surface area (Å²) in [4.78, 5) is 28.2. The average Bonchev–Trinajstić information content (AvgIpc) is 2.99. The van der Waals surface area contributed by atoms with Crippen molar-refractivity contribution in [3.63, 3.8) is 0 Å². The van der Waals surface area contributed by atoms with E-state index in [0.29, 0.717) is 11.6 Å². The second kappa shape index (κ2) is 8.09. The molecule has 2 aromatic rings. The van der Waals surface area contributed by atoms with Crippen LogP contribution in [-0.2, 0) is 16.0 Å². The third kappa shape index (κ3) is 4.09. The van der Waals surface area contributed by atoms with Crippen molar-refractivity contribution in [2.24, 2.45) is 0 Å². The third-order valence-corrected chi connectivity index (χ3v) is 3.05. The minimum atomic E-state index is -0.597. The van der Waals surface area contributed by atoms with Crippen LogP contribution in [0.15, 0.2) is 24.3 Å². The predicted octanol–water partition coefficient (Wildman–Crippen LogP) is 1.69. The molecule has 2 heterocycles. The van der Waals surface area contributed by atoms with E-state index in [1.54, 1.807) is 32.0 Å². The first-order chi connectivity index (χ1) is 11.6. The van der Waals surface area contributed by atoms with Crippen LogP contribution in [0.2, 0.25) is 0 Å². The maximum Gasteiger partial charge on any atom is 0.358 e. The fourth-order valence-electron chi connectivity index (χ4n) is 2.02. The highest BCUT2D eigenvalue weighted by Crippen LogP contribution is 2.13. The molecule has 0 atom stereocenters. The van der Waals surface area contributed by atoms with Gasteiger partial charge in [0.2, 0.25) is 5.88 Å². The van der Waals surface area contributed by atoms with Gasteiger partial charge in [-0.3, -0.25) is 4.68 Å². The molecular weight excluding hydrogens is 314 g/mol. The molecule has 0 amide bonds. The number of methoxy groups -OCH3 is 1. The van der Waals surface area contributed by atoms with Crippen molar-refractivity contribution in [1.29, 1.82) is 0 Å². The zero-order valence-electron chi connectivity index (χ0n) is 13.8. The van der Waals surface area contributed by atoms with Gasteiger partial charge in [0.1, 0.15) is 5.69 Å². The highest BCUT2D eigenvalue weighted by Gasteiger charge is 2.21. The summed E-state index contributed by atoms with van der Waals surface area (Å²) in [5, 5.41) is 4.14. The lowest BCUT2D eigenvalue weighted by atomic mass is 10.3. The fourth-order valence-corrected chi connectivity index (χ4v) is 2.02. The molecule has 0 N–H and O–H groups in total. The number of hydrogen-bond acceptors (Lipinski definition) is 7. The van der Waals surface area contributed by atoms with Crippen LogP contribution in [0.25, 0.3) is 0 Å². The zero-order chi connectivity index (χ0) is 17.5. The number of esters is 2. The van der Waals surface area contributed by atoms with Crippen LogP contribution in [0.5, 0.6) is 5.88 Å². The van der Waals surface area contributed by atoms with E-state index >= 15 is 0 Å². The summed E-state index contributed by atoms with van der Waals surface area (Å²) in [6.07, 6.45) is 0. The summed E-state index contributed by atoms with van der Waals surface area (Å²) in [6, 6.07) is 6.61. The van der Waals surface area contributed by atoms with Crippen molar-refractivity contribution < 1.29 is 23.8 Å². The number of rotatable bonds is 7. The van der Waals surface area contributed by atoms with Gasteiger partial charge in [0, 0.05) is 12.1 Å². The normalized spacial score (nSPS) is 10.3. The largest absolute Gasteiger partial charge is 0.481 e. The summed E-state index contributed by atoms with van der Waals surface area (Å²) in [7, 11) is 1.52. The van der Waals surface area contributed by atoms with Crippen LogP contribution in [0.4, 0.5) is 0 Å². The van der Waals surface area contributed by atoms with Crippen molar-refractivity contribution >= 4 is 11.9 Å². The molecule has 0 unspecified atom stereocenters. The van der Waals surface area contributed by atoms with E-state index in [-0.39, 0.29) is 31.1 Å². The first-order valence-electron chi connectivity index (χ1n) is 7.51. The number of aromatic nitrogens is 3. The lowest BCUT2D eigenvalue weighted by Gasteiger charge is -2.07. The molecular formula is C16H19N3O5. The van der Waals surface area contributed by atoms with Gasteiger partial charge >= 0.3 is 11.9 Å². The summed E-state index contributed by atoms with van der Waals surface area (Å²) in [6.45, 7) is 4.02. The predicted molar refractivity (Wildman–Crippen MR) is 84.0 cm³/mol. The molecule has 0 aliphatic carbocycles. The Morgan fingerprint density at radius 2 is 1.83 bits per heavy atom. The van der Waals surface area contributed by atoms with Gasteiger partial charge in [-0.1, -0.05) is 6.07 Å². The third-order valence-electron chi connectivity index (χ3n) is 3.05. The van der Waals surface area contributed by atoms with Crippen LogP contribution in [0, 0.1) is 0 Å². The minimum absolute atomic E-state index is 0.0443. The minimum Gasteiger partial charge on any atom is -0.481 e. The second-order valence-corrected chi connectivity index (χ2v) is 4.68. The molecule has 0 saturated carbocycles. The SMILES string of the molecule is CCOC(=O)c1cc(C(=O)OCC)n(Cc2cccc(OC)n2)n1. The maximum atomic E-state index is 12.1. The molecule has 0 spiro atoms. The Hall–Kier alpha value is -2.90. The summed E-state index contributed by atoms with van der Waals surface area (Å²) in [5.41, 5.74) is 0.825. The summed E-state index contributed by atoms with van der Waals surface area (Å²) in [5.74, 6) is -0.716. The van der Waals surface area contributed by atoms with Crippen molar-refractivity contribution in [3.05, 3.63) is 41.3 Å². The van der Waals surface area contributed by atoms with E-state index in [9.17, 15) is 9.59 Å². The summed E-state index contributed by atoms with van der Waals surface area (Å²) >= 11 is 0. The van der Waals surface area contributed by atoms with Crippen LogP contribution in [0.3, 0.4) is 0 Å². The van der Waals surface area contributed by atoms with Crippen LogP contribution in [-0.4, -0.2) is 47.0 Å². The summed E-state index contributed by atoms with van der Waals surface area (Å²) < 4.78 is 16.4. The monoisotopic (exact) mass is 333 g/mol. The van der Waals surface area contributed by atoms with Crippen LogP contribution < -0.4 is 4.74 Å². The number of ether oxygens (including phenoxy) is 3. The van der Waals surface area contributed by atoms with Crippen molar-refractivity contribution in [2.45, 2.75) is 20.4 Å². The number of carbonyl (C=O) groups excluding carboxylic acids is 2. The molecule has 0 fully saturated rings.